The van der Waals surface area contributed by atoms with Crippen LogP contribution < -0.4 is 0 Å². The average Bonchev–Trinajstić information content (AvgIpc) is 2.14. The Kier molecular flexibility index (Phi) is 4.08. The van der Waals surface area contributed by atoms with Gasteiger partial charge in [0.05, 0.1) is 0 Å². The van der Waals surface area contributed by atoms with E-state index in [9.17, 15) is 8.78 Å². The molecule has 0 nitrogen and oxygen atoms in total. The van der Waals surface area contributed by atoms with Crippen LogP contribution in [0.3, 0.4) is 0 Å². The number of benzene rings is 1. The number of alkyl halides is 1. The number of allylic oxidation sites excluding steroid dienone is 2. The van der Waals surface area contributed by atoms with Crippen LogP contribution in [0.1, 0.15) is 18.9 Å². The van der Waals surface area contributed by atoms with Crippen molar-refractivity contribution in [3.05, 3.63) is 41.5 Å². The van der Waals surface area contributed by atoms with Crippen LogP contribution in [0.2, 0.25) is 0 Å². The molecule has 0 heterocycles. The lowest BCUT2D eigenvalue weighted by Crippen LogP contribution is -1.88. The van der Waals surface area contributed by atoms with Crippen molar-refractivity contribution in [3.63, 3.8) is 0 Å². The summed E-state index contributed by atoms with van der Waals surface area (Å²) in [4.78, 5) is 0. The lowest BCUT2D eigenvalue weighted by Gasteiger charge is -2.03. The Morgan fingerprint density at radius 2 is 2.14 bits per heavy atom. The minimum Gasteiger partial charge on any atom is -0.207 e. The number of hydrogen-bond donors (Lipinski definition) is 0. The second-order valence-electron chi connectivity index (χ2n) is 2.99. The van der Waals surface area contributed by atoms with Gasteiger partial charge in [0.2, 0.25) is 0 Å². The van der Waals surface area contributed by atoms with Gasteiger partial charge in [-0.1, -0.05) is 6.08 Å². The Hall–Kier alpha value is -0.890. The first-order valence-electron chi connectivity index (χ1n) is 4.33. The van der Waals surface area contributed by atoms with E-state index in [0.717, 1.165) is 11.6 Å². The summed E-state index contributed by atoms with van der Waals surface area (Å²) in [5.41, 5.74) is 1.21. The molecule has 0 saturated heterocycles. The van der Waals surface area contributed by atoms with Crippen molar-refractivity contribution in [2.45, 2.75) is 13.3 Å². The van der Waals surface area contributed by atoms with Crippen LogP contribution in [0.4, 0.5) is 8.78 Å². The van der Waals surface area contributed by atoms with Gasteiger partial charge in [0.15, 0.2) is 0 Å². The van der Waals surface area contributed by atoms with Crippen LogP contribution in [0.25, 0.3) is 5.57 Å². The molecule has 0 amide bonds. The third-order valence-electron chi connectivity index (χ3n) is 1.92. The van der Waals surface area contributed by atoms with Gasteiger partial charge >= 0.3 is 0 Å². The molecule has 0 bridgehead atoms. The average molecular weight is 217 g/mol. The maximum atomic E-state index is 13.2. The number of halogens is 3. The highest BCUT2D eigenvalue weighted by Gasteiger charge is 2.04. The van der Waals surface area contributed by atoms with E-state index in [2.05, 4.69) is 0 Å². The van der Waals surface area contributed by atoms with Crippen LogP contribution in [-0.2, 0) is 0 Å². The van der Waals surface area contributed by atoms with E-state index in [1.54, 1.807) is 6.92 Å². The minimum absolute atomic E-state index is 0.427. The predicted octanol–water partition coefficient (Wildman–Crippen LogP) is 4.00. The fourth-order valence-corrected chi connectivity index (χ4v) is 1.30. The first kappa shape index (κ1) is 11.2. The fourth-order valence-electron chi connectivity index (χ4n) is 1.19. The maximum absolute atomic E-state index is 13.2. The van der Waals surface area contributed by atoms with Crippen molar-refractivity contribution in [1.82, 2.24) is 0 Å². The molecule has 1 rings (SSSR count). The Labute approximate surface area is 87.2 Å². The van der Waals surface area contributed by atoms with Crippen LogP contribution in [0.5, 0.6) is 0 Å². The molecule has 0 atom stereocenters. The molecule has 0 radical (unpaired) electrons. The smallest absolute Gasteiger partial charge is 0.133 e. The van der Waals surface area contributed by atoms with E-state index in [1.807, 2.05) is 6.08 Å². The van der Waals surface area contributed by atoms with E-state index in [1.165, 1.54) is 12.1 Å². The summed E-state index contributed by atoms with van der Waals surface area (Å²) in [5.74, 6) is -0.593. The van der Waals surface area contributed by atoms with Crippen molar-refractivity contribution in [1.29, 1.82) is 0 Å². The highest BCUT2D eigenvalue weighted by molar-refractivity contribution is 6.17. The Bertz CT molecular complexity index is 345. The Balaban J connectivity index is 2.95. The molecule has 76 valence electrons. The van der Waals surface area contributed by atoms with Gasteiger partial charge in [0, 0.05) is 17.5 Å². The molecule has 0 unspecified atom stereocenters. The molecule has 0 saturated carbocycles. The zero-order valence-corrected chi connectivity index (χ0v) is 8.61. The summed E-state index contributed by atoms with van der Waals surface area (Å²) in [6.45, 7) is 1.78. The lowest BCUT2D eigenvalue weighted by molar-refractivity contribution is 0.581. The molecule has 3 heteroatoms. The van der Waals surface area contributed by atoms with Crippen LogP contribution in [0, 0.1) is 11.6 Å². The summed E-state index contributed by atoms with van der Waals surface area (Å²) >= 11 is 5.50. The Morgan fingerprint density at radius 1 is 1.43 bits per heavy atom. The largest absolute Gasteiger partial charge is 0.207 e. The quantitative estimate of drug-likeness (QED) is 0.670. The van der Waals surface area contributed by atoms with Crippen molar-refractivity contribution >= 4 is 17.2 Å². The summed E-state index contributed by atoms with van der Waals surface area (Å²) in [7, 11) is 0. The molecule has 0 aliphatic carbocycles. The lowest BCUT2D eigenvalue weighted by atomic mass is 10.1. The van der Waals surface area contributed by atoms with Gasteiger partial charge in [-0.05, 0) is 31.1 Å². The van der Waals surface area contributed by atoms with Gasteiger partial charge in [0.25, 0.3) is 0 Å². The summed E-state index contributed by atoms with van der Waals surface area (Å²) in [6.07, 6.45) is 2.52. The van der Waals surface area contributed by atoms with Gasteiger partial charge in [-0.15, -0.1) is 11.6 Å². The summed E-state index contributed by atoms with van der Waals surface area (Å²) < 4.78 is 25.8. The third-order valence-corrected chi connectivity index (χ3v) is 2.13. The van der Waals surface area contributed by atoms with E-state index in [-0.39, 0.29) is 0 Å². The van der Waals surface area contributed by atoms with E-state index in [0.29, 0.717) is 17.9 Å². The van der Waals surface area contributed by atoms with Gasteiger partial charge in [-0.25, -0.2) is 8.78 Å². The predicted molar refractivity (Wildman–Crippen MR) is 55.3 cm³/mol. The van der Waals surface area contributed by atoms with Crippen molar-refractivity contribution in [2.75, 3.05) is 5.88 Å². The van der Waals surface area contributed by atoms with Gasteiger partial charge in [-0.3, -0.25) is 0 Å². The first-order chi connectivity index (χ1) is 6.65. The molecule has 0 N–H and O–H groups in total. The maximum Gasteiger partial charge on any atom is 0.133 e. The standard InChI is InChI=1S/C11H11ClF2/c1-8(3-2-6-12)10-5-4-9(13)7-11(10)14/h3-5,7H,2,6H2,1H3. The summed E-state index contributed by atoms with van der Waals surface area (Å²) in [5, 5.41) is 0. The molecule has 0 spiro atoms. The van der Waals surface area contributed by atoms with Crippen LogP contribution in [-0.4, -0.2) is 5.88 Å². The molecule has 0 aliphatic rings. The fraction of sp³-hybridized carbons (Fsp3) is 0.273. The topological polar surface area (TPSA) is 0 Å². The third kappa shape index (κ3) is 2.81. The number of hydrogen-bond acceptors (Lipinski definition) is 0. The first-order valence-corrected chi connectivity index (χ1v) is 4.86. The minimum atomic E-state index is -0.559. The van der Waals surface area contributed by atoms with E-state index >= 15 is 0 Å². The summed E-state index contributed by atoms with van der Waals surface area (Å²) in [6, 6.07) is 3.56. The molecule has 0 aliphatic heterocycles. The van der Waals surface area contributed by atoms with Crippen LogP contribution in [0.15, 0.2) is 24.3 Å². The molecule has 0 aromatic heterocycles. The van der Waals surface area contributed by atoms with Crippen molar-refractivity contribution in [3.8, 4) is 0 Å². The molecule has 1 aromatic carbocycles. The van der Waals surface area contributed by atoms with Gasteiger partial charge in [0.1, 0.15) is 11.6 Å². The van der Waals surface area contributed by atoms with Gasteiger partial charge < -0.3 is 0 Å². The zero-order valence-electron chi connectivity index (χ0n) is 7.86. The van der Waals surface area contributed by atoms with Crippen molar-refractivity contribution in [2.24, 2.45) is 0 Å². The second kappa shape index (κ2) is 5.11. The molecule has 1 aromatic rings. The highest BCUT2D eigenvalue weighted by atomic mass is 35.5. The normalized spacial score (nSPS) is 11.9. The molecular formula is C11H11ClF2. The molecule has 0 fully saturated rings. The number of rotatable bonds is 3. The highest BCUT2D eigenvalue weighted by Crippen LogP contribution is 2.19. The monoisotopic (exact) mass is 216 g/mol. The SMILES string of the molecule is CC(=CCCCl)c1ccc(F)cc1F. The van der Waals surface area contributed by atoms with Gasteiger partial charge in [-0.2, -0.15) is 0 Å². The Morgan fingerprint density at radius 3 is 2.71 bits per heavy atom. The van der Waals surface area contributed by atoms with Crippen molar-refractivity contribution < 1.29 is 8.78 Å². The van der Waals surface area contributed by atoms with E-state index < -0.39 is 11.6 Å². The van der Waals surface area contributed by atoms with Crippen LogP contribution >= 0.6 is 11.6 Å². The molecule has 14 heavy (non-hydrogen) atoms. The second-order valence-corrected chi connectivity index (χ2v) is 3.37. The van der Waals surface area contributed by atoms with E-state index in [4.69, 9.17) is 11.6 Å². The zero-order chi connectivity index (χ0) is 10.6. The molecular weight excluding hydrogens is 206 g/mol.